The molecule has 1 heterocycles. The van der Waals surface area contributed by atoms with Crippen molar-refractivity contribution < 1.29 is 5.11 Å². The third kappa shape index (κ3) is 1.91. The van der Waals surface area contributed by atoms with Gasteiger partial charge in [-0.05, 0) is 0 Å². The molecule has 2 nitrogen and oxygen atoms in total. The van der Waals surface area contributed by atoms with Gasteiger partial charge in [-0.3, -0.25) is 0 Å². The van der Waals surface area contributed by atoms with Gasteiger partial charge in [0.15, 0.2) is 0 Å². The van der Waals surface area contributed by atoms with Crippen LogP contribution in [0.4, 0.5) is 0 Å². The molecular formula is C8H15NOS. The van der Waals surface area contributed by atoms with Crippen LogP contribution in [-0.4, -0.2) is 34.2 Å². The van der Waals surface area contributed by atoms with Gasteiger partial charge in [0.1, 0.15) is 0 Å². The van der Waals surface area contributed by atoms with Crippen LogP contribution >= 0.6 is 12.2 Å². The van der Waals surface area contributed by atoms with Gasteiger partial charge < -0.3 is 10.0 Å². The molecule has 1 fully saturated rings. The summed E-state index contributed by atoms with van der Waals surface area (Å²) in [5, 5.41) is 9.03. The number of thiocarbonyl (C=S) groups is 1. The molecule has 0 atom stereocenters. The Bertz CT molecular complexity index is 167. The van der Waals surface area contributed by atoms with Crippen molar-refractivity contribution in [2.45, 2.75) is 26.9 Å². The zero-order chi connectivity index (χ0) is 8.65. The van der Waals surface area contributed by atoms with Gasteiger partial charge in [-0.25, -0.2) is 0 Å². The van der Waals surface area contributed by atoms with Crippen molar-refractivity contribution in [3.63, 3.8) is 0 Å². The topological polar surface area (TPSA) is 23.5 Å². The quantitative estimate of drug-likeness (QED) is 0.554. The Morgan fingerprint density at radius 3 is 2.18 bits per heavy atom. The Labute approximate surface area is 73.2 Å². The summed E-state index contributed by atoms with van der Waals surface area (Å²) in [7, 11) is 0. The van der Waals surface area contributed by atoms with Crippen LogP contribution in [-0.2, 0) is 0 Å². The van der Waals surface area contributed by atoms with Crippen molar-refractivity contribution in [3.05, 3.63) is 0 Å². The lowest BCUT2D eigenvalue weighted by Crippen LogP contribution is -2.55. The molecule has 64 valence electrons. The van der Waals surface area contributed by atoms with Crippen LogP contribution < -0.4 is 0 Å². The number of aliphatic hydroxyl groups excluding tert-OH is 1. The summed E-state index contributed by atoms with van der Waals surface area (Å²) in [6.45, 7) is 7.73. The molecule has 1 aliphatic heterocycles. The lowest BCUT2D eigenvalue weighted by Gasteiger charge is -2.42. The Hall–Kier alpha value is -0.150. The summed E-state index contributed by atoms with van der Waals surface area (Å²) in [4.78, 5) is 3.02. The van der Waals surface area contributed by atoms with E-state index in [4.69, 9.17) is 17.3 Å². The highest BCUT2D eigenvalue weighted by atomic mass is 32.1. The Morgan fingerprint density at radius 1 is 1.45 bits per heavy atom. The predicted octanol–water partition coefficient (Wildman–Crippen LogP) is 1.04. The van der Waals surface area contributed by atoms with E-state index in [0.717, 1.165) is 18.1 Å². The van der Waals surface area contributed by atoms with Crippen molar-refractivity contribution in [1.29, 1.82) is 0 Å². The molecule has 0 unspecified atom stereocenters. The molecule has 0 saturated carbocycles. The molecule has 0 aromatic rings. The largest absolute Gasteiger partial charge is 0.389 e. The number of rotatable bonds is 0. The molecule has 1 saturated heterocycles. The summed E-state index contributed by atoms with van der Waals surface area (Å²) >= 11 is 5.23. The summed E-state index contributed by atoms with van der Waals surface area (Å²) in [6.07, 6.45) is -0.157. The molecular weight excluding hydrogens is 158 g/mol. The van der Waals surface area contributed by atoms with Gasteiger partial charge in [0.05, 0.1) is 11.1 Å². The molecule has 1 N–H and O–H groups in total. The molecule has 0 aromatic carbocycles. The number of nitrogens with zero attached hydrogens (tertiary/aromatic N) is 1. The fourth-order valence-electron chi connectivity index (χ4n) is 1.10. The summed E-state index contributed by atoms with van der Waals surface area (Å²) in [6, 6.07) is 0. The maximum atomic E-state index is 9.03. The molecule has 0 spiro atoms. The van der Waals surface area contributed by atoms with Gasteiger partial charge in [-0.15, -0.1) is 0 Å². The lowest BCUT2D eigenvalue weighted by molar-refractivity contribution is 0.0435. The van der Waals surface area contributed by atoms with Crippen LogP contribution in [0.15, 0.2) is 0 Å². The zero-order valence-electron chi connectivity index (χ0n) is 7.29. The van der Waals surface area contributed by atoms with Crippen LogP contribution in [0.5, 0.6) is 0 Å². The van der Waals surface area contributed by atoms with Gasteiger partial charge in [-0.1, -0.05) is 33.0 Å². The van der Waals surface area contributed by atoms with Crippen molar-refractivity contribution in [3.8, 4) is 0 Å². The van der Waals surface area contributed by atoms with E-state index in [0.29, 0.717) is 0 Å². The van der Waals surface area contributed by atoms with Gasteiger partial charge in [-0.2, -0.15) is 0 Å². The Balaban J connectivity index is 2.45. The third-order valence-corrected chi connectivity index (χ3v) is 2.66. The third-order valence-electron chi connectivity index (χ3n) is 1.79. The summed E-state index contributed by atoms with van der Waals surface area (Å²) < 4.78 is 0. The first-order chi connectivity index (χ1) is 4.91. The Morgan fingerprint density at radius 2 is 1.91 bits per heavy atom. The van der Waals surface area contributed by atoms with E-state index in [1.54, 1.807) is 0 Å². The Kier molecular flexibility index (Phi) is 2.21. The second-order valence-electron chi connectivity index (χ2n) is 4.11. The van der Waals surface area contributed by atoms with Crippen molar-refractivity contribution in [2.24, 2.45) is 5.41 Å². The van der Waals surface area contributed by atoms with E-state index in [1.807, 2.05) is 0 Å². The van der Waals surface area contributed by atoms with Gasteiger partial charge in [0.25, 0.3) is 0 Å². The number of likely N-dealkylation sites (tertiary alicyclic amines) is 1. The van der Waals surface area contributed by atoms with Crippen molar-refractivity contribution in [2.75, 3.05) is 13.1 Å². The second kappa shape index (κ2) is 2.72. The van der Waals surface area contributed by atoms with Crippen LogP contribution in [0.25, 0.3) is 0 Å². The van der Waals surface area contributed by atoms with E-state index in [-0.39, 0.29) is 11.5 Å². The van der Waals surface area contributed by atoms with Gasteiger partial charge in [0, 0.05) is 18.5 Å². The molecule has 0 radical (unpaired) electrons. The average molecular weight is 173 g/mol. The van der Waals surface area contributed by atoms with Crippen LogP contribution in [0, 0.1) is 5.41 Å². The molecule has 0 aliphatic carbocycles. The molecule has 0 bridgehead atoms. The fourth-order valence-corrected chi connectivity index (χ4v) is 1.24. The van der Waals surface area contributed by atoms with Crippen LogP contribution in [0.2, 0.25) is 0 Å². The number of hydrogen-bond acceptors (Lipinski definition) is 2. The van der Waals surface area contributed by atoms with E-state index in [9.17, 15) is 0 Å². The van der Waals surface area contributed by atoms with E-state index in [1.165, 1.54) is 0 Å². The zero-order valence-corrected chi connectivity index (χ0v) is 8.11. The van der Waals surface area contributed by atoms with Crippen molar-refractivity contribution >= 4 is 17.2 Å². The highest BCUT2D eigenvalue weighted by Crippen LogP contribution is 2.22. The minimum absolute atomic E-state index is 0.0650. The summed E-state index contributed by atoms with van der Waals surface area (Å²) in [5.41, 5.74) is 0.0650. The predicted molar refractivity (Wildman–Crippen MR) is 49.6 cm³/mol. The van der Waals surface area contributed by atoms with Crippen molar-refractivity contribution in [1.82, 2.24) is 4.90 Å². The first-order valence-electron chi connectivity index (χ1n) is 3.88. The van der Waals surface area contributed by atoms with E-state index >= 15 is 0 Å². The van der Waals surface area contributed by atoms with E-state index in [2.05, 4.69) is 25.7 Å². The molecule has 3 heteroatoms. The first-order valence-corrected chi connectivity index (χ1v) is 4.29. The highest BCUT2D eigenvalue weighted by Gasteiger charge is 2.31. The number of β-amino-alcohol motifs (C(OH)–C–C–N with tert-alkyl or cyclic N) is 1. The maximum absolute atomic E-state index is 9.03. The molecule has 1 rings (SSSR count). The number of hydrogen-bond donors (Lipinski definition) is 1. The van der Waals surface area contributed by atoms with E-state index < -0.39 is 0 Å². The van der Waals surface area contributed by atoms with Gasteiger partial charge >= 0.3 is 0 Å². The molecule has 0 aromatic heterocycles. The van der Waals surface area contributed by atoms with Crippen LogP contribution in [0.3, 0.4) is 0 Å². The SMILES string of the molecule is CC(C)(C)C(=S)N1CC(O)C1. The van der Waals surface area contributed by atoms with Gasteiger partial charge in [0.2, 0.25) is 0 Å². The minimum atomic E-state index is -0.157. The number of aliphatic hydroxyl groups is 1. The monoisotopic (exact) mass is 173 g/mol. The maximum Gasteiger partial charge on any atom is 0.0889 e. The molecule has 11 heavy (non-hydrogen) atoms. The smallest absolute Gasteiger partial charge is 0.0889 e. The standard InChI is InChI=1S/C8H15NOS/c1-8(2,3)7(11)9-4-6(10)5-9/h6,10H,4-5H2,1-3H3. The molecule has 1 aliphatic rings. The summed E-state index contributed by atoms with van der Waals surface area (Å²) in [5.74, 6) is 0. The first kappa shape index (κ1) is 8.94. The highest BCUT2D eigenvalue weighted by molar-refractivity contribution is 7.80. The average Bonchev–Trinajstić information content (AvgIpc) is 1.77. The normalized spacial score (nSPS) is 19.8. The molecule has 0 amide bonds. The minimum Gasteiger partial charge on any atom is -0.389 e. The lowest BCUT2D eigenvalue weighted by atomic mass is 9.94. The van der Waals surface area contributed by atoms with Crippen LogP contribution in [0.1, 0.15) is 20.8 Å². The second-order valence-corrected chi connectivity index (χ2v) is 4.50. The fraction of sp³-hybridized carbons (Fsp3) is 0.875.